The van der Waals surface area contributed by atoms with Crippen molar-refractivity contribution in [2.45, 2.75) is 47.1 Å². The van der Waals surface area contributed by atoms with Gasteiger partial charge in [-0.05, 0) is 32.2 Å². The van der Waals surface area contributed by atoms with E-state index in [1.54, 1.807) is 0 Å². The Balaban J connectivity index is 2.38. The SMILES string of the molecule is CCN(CCNC(=NC)N1CCC(C)(C)C1)C(C)C. The van der Waals surface area contributed by atoms with Gasteiger partial charge in [-0.3, -0.25) is 9.89 Å². The second-order valence-electron chi connectivity index (χ2n) is 6.53. The first-order valence-corrected chi connectivity index (χ1v) is 7.59. The number of likely N-dealkylation sites (tertiary alicyclic amines) is 1. The van der Waals surface area contributed by atoms with E-state index in [4.69, 9.17) is 0 Å². The average Bonchev–Trinajstić information content (AvgIpc) is 2.69. The maximum atomic E-state index is 4.42. The van der Waals surface area contributed by atoms with Gasteiger partial charge in [0.05, 0.1) is 0 Å². The Morgan fingerprint density at radius 1 is 1.42 bits per heavy atom. The minimum atomic E-state index is 0.422. The van der Waals surface area contributed by atoms with E-state index in [1.165, 1.54) is 6.42 Å². The van der Waals surface area contributed by atoms with Crippen LogP contribution in [0.25, 0.3) is 0 Å². The normalized spacial score (nSPS) is 19.6. The molecule has 0 saturated carbocycles. The molecule has 0 atom stereocenters. The first-order valence-electron chi connectivity index (χ1n) is 7.59. The van der Waals surface area contributed by atoms with Crippen LogP contribution in [-0.4, -0.2) is 61.6 Å². The molecular formula is C15H32N4. The van der Waals surface area contributed by atoms with E-state index in [1.807, 2.05) is 7.05 Å². The summed E-state index contributed by atoms with van der Waals surface area (Å²) in [5, 5.41) is 3.50. The minimum absolute atomic E-state index is 0.422. The van der Waals surface area contributed by atoms with Gasteiger partial charge in [-0.15, -0.1) is 0 Å². The van der Waals surface area contributed by atoms with E-state index >= 15 is 0 Å². The van der Waals surface area contributed by atoms with Gasteiger partial charge in [-0.2, -0.15) is 0 Å². The molecule has 4 nitrogen and oxygen atoms in total. The second-order valence-corrected chi connectivity index (χ2v) is 6.53. The number of nitrogens with one attached hydrogen (secondary N) is 1. The van der Waals surface area contributed by atoms with Gasteiger partial charge < -0.3 is 10.2 Å². The Hall–Kier alpha value is -0.770. The maximum absolute atomic E-state index is 4.42. The van der Waals surface area contributed by atoms with Crippen molar-refractivity contribution in [3.63, 3.8) is 0 Å². The molecule has 0 radical (unpaired) electrons. The van der Waals surface area contributed by atoms with Crippen molar-refractivity contribution in [3.05, 3.63) is 0 Å². The largest absolute Gasteiger partial charge is 0.355 e. The Labute approximate surface area is 119 Å². The molecule has 0 aromatic rings. The van der Waals surface area contributed by atoms with Crippen LogP contribution in [0, 0.1) is 5.41 Å². The van der Waals surface area contributed by atoms with Gasteiger partial charge in [0.15, 0.2) is 5.96 Å². The number of hydrogen-bond acceptors (Lipinski definition) is 2. The number of guanidine groups is 1. The van der Waals surface area contributed by atoms with Crippen LogP contribution < -0.4 is 5.32 Å². The molecule has 1 aliphatic heterocycles. The van der Waals surface area contributed by atoms with Gasteiger partial charge in [0.25, 0.3) is 0 Å². The van der Waals surface area contributed by atoms with Crippen LogP contribution in [0.4, 0.5) is 0 Å². The standard InChI is InChI=1S/C15H32N4/c1-7-18(13(2)3)11-9-17-14(16-6)19-10-8-15(4,5)12-19/h13H,7-12H2,1-6H3,(H,16,17). The third kappa shape index (κ3) is 5.01. The van der Waals surface area contributed by atoms with Crippen LogP contribution in [0.1, 0.15) is 41.0 Å². The molecule has 0 amide bonds. The van der Waals surface area contributed by atoms with Crippen LogP contribution in [-0.2, 0) is 0 Å². The van der Waals surface area contributed by atoms with Gasteiger partial charge in [0.2, 0.25) is 0 Å². The van der Waals surface area contributed by atoms with Crippen LogP contribution >= 0.6 is 0 Å². The highest BCUT2D eigenvalue weighted by Crippen LogP contribution is 2.28. The van der Waals surface area contributed by atoms with Crippen molar-refractivity contribution >= 4 is 5.96 Å². The Bertz CT molecular complexity index is 297. The third-order valence-corrected chi connectivity index (χ3v) is 4.01. The molecule has 1 aliphatic rings. The lowest BCUT2D eigenvalue weighted by molar-refractivity contribution is 0.236. The predicted octanol–water partition coefficient (Wildman–Crippen LogP) is 2.02. The fraction of sp³-hybridized carbons (Fsp3) is 0.933. The summed E-state index contributed by atoms with van der Waals surface area (Å²) in [6.45, 7) is 16.8. The zero-order valence-electron chi connectivity index (χ0n) is 13.7. The molecule has 1 rings (SSSR count). The Morgan fingerprint density at radius 2 is 2.11 bits per heavy atom. The molecule has 19 heavy (non-hydrogen) atoms. The quantitative estimate of drug-likeness (QED) is 0.611. The average molecular weight is 268 g/mol. The molecule has 0 aromatic heterocycles. The zero-order valence-corrected chi connectivity index (χ0v) is 13.7. The van der Waals surface area contributed by atoms with Crippen molar-refractivity contribution in [1.82, 2.24) is 15.1 Å². The van der Waals surface area contributed by atoms with Crippen molar-refractivity contribution < 1.29 is 0 Å². The monoisotopic (exact) mass is 268 g/mol. The summed E-state index contributed by atoms with van der Waals surface area (Å²) in [6.07, 6.45) is 1.25. The van der Waals surface area contributed by atoms with Crippen LogP contribution in [0.3, 0.4) is 0 Å². The highest BCUT2D eigenvalue weighted by Gasteiger charge is 2.30. The lowest BCUT2D eigenvalue weighted by Crippen LogP contribution is -2.44. The fourth-order valence-corrected chi connectivity index (χ4v) is 2.72. The fourth-order valence-electron chi connectivity index (χ4n) is 2.72. The minimum Gasteiger partial charge on any atom is -0.355 e. The highest BCUT2D eigenvalue weighted by atomic mass is 15.3. The molecule has 0 unspecified atom stereocenters. The summed E-state index contributed by atoms with van der Waals surface area (Å²) in [5.74, 6) is 1.06. The van der Waals surface area contributed by atoms with Crippen molar-refractivity contribution in [1.29, 1.82) is 0 Å². The first-order chi connectivity index (χ1) is 8.89. The molecule has 0 aliphatic carbocycles. The number of likely N-dealkylation sites (N-methyl/N-ethyl adjacent to an activating group) is 1. The summed E-state index contributed by atoms with van der Waals surface area (Å²) in [6, 6.07) is 0.611. The van der Waals surface area contributed by atoms with E-state index < -0.39 is 0 Å². The topological polar surface area (TPSA) is 30.9 Å². The summed E-state index contributed by atoms with van der Waals surface area (Å²) >= 11 is 0. The molecule has 1 N–H and O–H groups in total. The molecule has 1 heterocycles. The van der Waals surface area contributed by atoms with E-state index in [9.17, 15) is 0 Å². The lowest BCUT2D eigenvalue weighted by atomic mass is 9.93. The summed E-state index contributed by atoms with van der Waals surface area (Å²) < 4.78 is 0. The van der Waals surface area contributed by atoms with Crippen molar-refractivity contribution in [2.24, 2.45) is 10.4 Å². The maximum Gasteiger partial charge on any atom is 0.193 e. The van der Waals surface area contributed by atoms with E-state index in [2.05, 4.69) is 54.7 Å². The number of aliphatic imine (C=N–C) groups is 1. The van der Waals surface area contributed by atoms with Gasteiger partial charge in [0.1, 0.15) is 0 Å². The molecule has 0 aromatic carbocycles. The van der Waals surface area contributed by atoms with Gasteiger partial charge in [0, 0.05) is 39.3 Å². The highest BCUT2D eigenvalue weighted by molar-refractivity contribution is 5.80. The van der Waals surface area contributed by atoms with Crippen LogP contribution in [0.2, 0.25) is 0 Å². The van der Waals surface area contributed by atoms with E-state index in [0.717, 1.165) is 38.7 Å². The molecule has 4 heteroatoms. The summed E-state index contributed by atoms with van der Waals surface area (Å²) in [7, 11) is 1.88. The van der Waals surface area contributed by atoms with E-state index in [0.29, 0.717) is 11.5 Å². The lowest BCUT2D eigenvalue weighted by Gasteiger charge is -2.27. The molecular weight excluding hydrogens is 236 g/mol. The van der Waals surface area contributed by atoms with Crippen LogP contribution in [0.15, 0.2) is 4.99 Å². The molecule has 1 fully saturated rings. The zero-order chi connectivity index (χ0) is 14.5. The number of nitrogens with zero attached hydrogens (tertiary/aromatic N) is 3. The molecule has 0 spiro atoms. The number of hydrogen-bond donors (Lipinski definition) is 1. The Kier molecular flexibility index (Phi) is 6.11. The first kappa shape index (κ1) is 16.3. The van der Waals surface area contributed by atoms with Gasteiger partial charge in [-0.1, -0.05) is 20.8 Å². The number of rotatable bonds is 5. The molecule has 112 valence electrons. The second kappa shape index (κ2) is 7.13. The smallest absolute Gasteiger partial charge is 0.193 e. The molecule has 0 bridgehead atoms. The molecule has 1 saturated heterocycles. The van der Waals surface area contributed by atoms with Crippen LogP contribution in [0.5, 0.6) is 0 Å². The van der Waals surface area contributed by atoms with E-state index in [-0.39, 0.29) is 0 Å². The van der Waals surface area contributed by atoms with Crippen molar-refractivity contribution in [2.75, 3.05) is 39.8 Å². The third-order valence-electron chi connectivity index (χ3n) is 4.01. The Morgan fingerprint density at radius 3 is 2.53 bits per heavy atom. The van der Waals surface area contributed by atoms with Crippen molar-refractivity contribution in [3.8, 4) is 0 Å². The summed E-state index contributed by atoms with van der Waals surface area (Å²) in [5.41, 5.74) is 0.422. The summed E-state index contributed by atoms with van der Waals surface area (Å²) in [4.78, 5) is 9.26. The van der Waals surface area contributed by atoms with Gasteiger partial charge in [-0.25, -0.2) is 0 Å². The predicted molar refractivity (Wildman–Crippen MR) is 83.7 cm³/mol. The van der Waals surface area contributed by atoms with Gasteiger partial charge >= 0.3 is 0 Å².